The van der Waals surface area contributed by atoms with Gasteiger partial charge in [0.1, 0.15) is 5.82 Å². The molecule has 1 amide bonds. The molecule has 0 saturated heterocycles. The molecule has 0 spiro atoms. The first-order valence-electron chi connectivity index (χ1n) is 5.44. The van der Waals surface area contributed by atoms with Crippen molar-refractivity contribution in [2.45, 2.75) is 0 Å². The lowest BCUT2D eigenvalue weighted by Crippen LogP contribution is -2.16. The maximum absolute atomic E-state index is 13.3. The first kappa shape index (κ1) is 13.6. The van der Waals surface area contributed by atoms with Crippen LogP contribution in [-0.2, 0) is 0 Å². The number of hydrogen-bond acceptors (Lipinski definition) is 3. The Morgan fingerprint density at radius 3 is 2.55 bits per heavy atom. The van der Waals surface area contributed by atoms with Gasteiger partial charge in [0.25, 0.3) is 5.91 Å². The summed E-state index contributed by atoms with van der Waals surface area (Å²) in [5.74, 6) is -4.02. The van der Waals surface area contributed by atoms with Gasteiger partial charge in [0.15, 0.2) is 0 Å². The molecule has 102 valence electrons. The van der Waals surface area contributed by atoms with Crippen molar-refractivity contribution in [1.82, 2.24) is 4.98 Å². The zero-order valence-corrected chi connectivity index (χ0v) is 9.93. The summed E-state index contributed by atoms with van der Waals surface area (Å²) in [5, 5.41) is 11.1. The highest BCUT2D eigenvalue weighted by molar-refractivity contribution is 6.07. The molecule has 2 aromatic rings. The van der Waals surface area contributed by atoms with Gasteiger partial charge in [0.2, 0.25) is 5.95 Å². The van der Waals surface area contributed by atoms with Gasteiger partial charge < -0.3 is 10.4 Å². The molecule has 2 N–H and O–H groups in total. The van der Waals surface area contributed by atoms with Gasteiger partial charge in [-0.1, -0.05) is 0 Å². The van der Waals surface area contributed by atoms with E-state index in [1.165, 1.54) is 18.3 Å². The summed E-state index contributed by atoms with van der Waals surface area (Å²) in [6.45, 7) is 0. The first-order valence-corrected chi connectivity index (χ1v) is 5.44. The molecule has 0 aliphatic carbocycles. The summed E-state index contributed by atoms with van der Waals surface area (Å²) in [5.41, 5.74) is -0.900. The van der Waals surface area contributed by atoms with Crippen LogP contribution in [0.1, 0.15) is 20.7 Å². The van der Waals surface area contributed by atoms with Crippen molar-refractivity contribution >= 4 is 17.6 Å². The third kappa shape index (κ3) is 2.77. The lowest BCUT2D eigenvalue weighted by molar-refractivity contribution is 0.0697. The monoisotopic (exact) mass is 278 g/mol. The van der Waals surface area contributed by atoms with E-state index >= 15 is 0 Å². The van der Waals surface area contributed by atoms with E-state index in [9.17, 15) is 18.4 Å². The van der Waals surface area contributed by atoms with E-state index in [1.807, 2.05) is 0 Å². The van der Waals surface area contributed by atoms with E-state index in [-0.39, 0.29) is 11.3 Å². The minimum atomic E-state index is -1.41. The van der Waals surface area contributed by atoms with E-state index in [0.717, 1.165) is 18.2 Å². The van der Waals surface area contributed by atoms with Gasteiger partial charge in [-0.2, -0.15) is 4.39 Å². The van der Waals surface area contributed by atoms with Crippen LogP contribution >= 0.6 is 0 Å². The van der Waals surface area contributed by atoms with Crippen molar-refractivity contribution < 1.29 is 23.5 Å². The molecule has 0 aliphatic heterocycles. The number of carbonyl (C=O) groups is 2. The van der Waals surface area contributed by atoms with Crippen LogP contribution in [0.3, 0.4) is 0 Å². The maximum atomic E-state index is 13.3. The Kier molecular flexibility index (Phi) is 3.69. The standard InChI is InChI=1S/C13H8F2N2O3/c14-7-3-4-10(9(6-7)13(19)20)17-12(18)8-2-1-5-16-11(8)15/h1-6H,(H,17,18)(H,19,20). The summed E-state index contributed by atoms with van der Waals surface area (Å²) in [7, 11) is 0. The van der Waals surface area contributed by atoms with E-state index < -0.39 is 29.2 Å². The van der Waals surface area contributed by atoms with E-state index in [2.05, 4.69) is 10.3 Å². The number of aromatic nitrogens is 1. The molecule has 0 saturated carbocycles. The van der Waals surface area contributed by atoms with Crippen molar-refractivity contribution in [3.05, 3.63) is 59.4 Å². The molecule has 0 aliphatic rings. The molecule has 0 fully saturated rings. The predicted octanol–water partition coefficient (Wildman–Crippen LogP) is 2.31. The normalized spacial score (nSPS) is 10.1. The molecule has 2 rings (SSSR count). The van der Waals surface area contributed by atoms with Gasteiger partial charge >= 0.3 is 5.97 Å². The van der Waals surface area contributed by atoms with E-state index in [4.69, 9.17) is 5.11 Å². The topological polar surface area (TPSA) is 79.3 Å². The Balaban J connectivity index is 2.33. The number of rotatable bonds is 3. The second-order valence-electron chi connectivity index (χ2n) is 3.79. The quantitative estimate of drug-likeness (QED) is 0.844. The van der Waals surface area contributed by atoms with Crippen molar-refractivity contribution in [1.29, 1.82) is 0 Å². The number of benzene rings is 1. The van der Waals surface area contributed by atoms with Crippen LogP contribution in [0.25, 0.3) is 0 Å². The van der Waals surface area contributed by atoms with E-state index in [1.54, 1.807) is 0 Å². The number of amides is 1. The fourth-order valence-electron chi connectivity index (χ4n) is 1.55. The van der Waals surface area contributed by atoms with Crippen molar-refractivity contribution in [2.75, 3.05) is 5.32 Å². The number of carboxylic acids is 1. The fraction of sp³-hybridized carbons (Fsp3) is 0. The average molecular weight is 278 g/mol. The van der Waals surface area contributed by atoms with Gasteiger partial charge in [-0.15, -0.1) is 0 Å². The third-order valence-electron chi connectivity index (χ3n) is 2.46. The molecular formula is C13H8F2N2O3. The number of anilines is 1. The number of pyridine rings is 1. The second kappa shape index (κ2) is 5.43. The van der Waals surface area contributed by atoms with Gasteiger partial charge in [-0.05, 0) is 30.3 Å². The molecule has 1 heterocycles. The van der Waals surface area contributed by atoms with Crippen LogP contribution in [0.4, 0.5) is 14.5 Å². The Morgan fingerprint density at radius 2 is 1.90 bits per heavy atom. The Morgan fingerprint density at radius 1 is 1.15 bits per heavy atom. The van der Waals surface area contributed by atoms with Crippen LogP contribution in [0.5, 0.6) is 0 Å². The highest BCUT2D eigenvalue weighted by Crippen LogP contribution is 2.18. The molecule has 0 bridgehead atoms. The van der Waals surface area contributed by atoms with Crippen LogP contribution in [0.2, 0.25) is 0 Å². The number of halogens is 2. The SMILES string of the molecule is O=C(O)c1cc(F)ccc1NC(=O)c1cccnc1F. The molecule has 7 heteroatoms. The van der Waals surface area contributed by atoms with Crippen molar-refractivity contribution in [3.63, 3.8) is 0 Å². The van der Waals surface area contributed by atoms with E-state index in [0.29, 0.717) is 0 Å². The lowest BCUT2D eigenvalue weighted by atomic mass is 10.1. The van der Waals surface area contributed by atoms with Crippen LogP contribution in [0, 0.1) is 11.8 Å². The lowest BCUT2D eigenvalue weighted by Gasteiger charge is -2.08. The predicted molar refractivity (Wildman–Crippen MR) is 65.5 cm³/mol. The average Bonchev–Trinajstić information content (AvgIpc) is 2.41. The van der Waals surface area contributed by atoms with Gasteiger partial charge in [-0.3, -0.25) is 4.79 Å². The fourth-order valence-corrected chi connectivity index (χ4v) is 1.55. The summed E-state index contributed by atoms with van der Waals surface area (Å²) >= 11 is 0. The number of nitrogens with zero attached hydrogens (tertiary/aromatic N) is 1. The highest BCUT2D eigenvalue weighted by atomic mass is 19.1. The minimum absolute atomic E-state index is 0.132. The van der Waals surface area contributed by atoms with Gasteiger partial charge in [-0.25, -0.2) is 14.2 Å². The largest absolute Gasteiger partial charge is 0.478 e. The van der Waals surface area contributed by atoms with Crippen LogP contribution < -0.4 is 5.32 Å². The van der Waals surface area contributed by atoms with Gasteiger partial charge in [0.05, 0.1) is 16.8 Å². The molecule has 0 radical (unpaired) electrons. The molecule has 0 atom stereocenters. The number of aromatic carboxylic acids is 1. The number of carbonyl (C=O) groups excluding carboxylic acids is 1. The molecule has 0 unspecified atom stereocenters. The minimum Gasteiger partial charge on any atom is -0.478 e. The highest BCUT2D eigenvalue weighted by Gasteiger charge is 2.17. The molecular weight excluding hydrogens is 270 g/mol. The summed E-state index contributed by atoms with van der Waals surface area (Å²) in [6.07, 6.45) is 1.17. The number of hydrogen-bond donors (Lipinski definition) is 2. The van der Waals surface area contributed by atoms with Crippen LogP contribution in [-0.4, -0.2) is 22.0 Å². The van der Waals surface area contributed by atoms with Crippen molar-refractivity contribution in [3.8, 4) is 0 Å². The number of carboxylic acid groups (broad SMARTS) is 1. The Bertz CT molecular complexity index is 689. The smallest absolute Gasteiger partial charge is 0.337 e. The maximum Gasteiger partial charge on any atom is 0.337 e. The number of nitrogens with one attached hydrogen (secondary N) is 1. The first-order chi connectivity index (χ1) is 9.49. The van der Waals surface area contributed by atoms with Crippen LogP contribution in [0.15, 0.2) is 36.5 Å². The van der Waals surface area contributed by atoms with Crippen molar-refractivity contribution in [2.24, 2.45) is 0 Å². The Hall–Kier alpha value is -2.83. The molecule has 5 nitrogen and oxygen atoms in total. The summed E-state index contributed by atoms with van der Waals surface area (Å²) in [6, 6.07) is 5.40. The summed E-state index contributed by atoms with van der Waals surface area (Å²) < 4.78 is 26.3. The second-order valence-corrected chi connectivity index (χ2v) is 3.79. The molecule has 1 aromatic heterocycles. The Labute approximate surface area is 111 Å². The van der Waals surface area contributed by atoms with Gasteiger partial charge in [0, 0.05) is 6.20 Å². The zero-order chi connectivity index (χ0) is 14.7. The third-order valence-corrected chi connectivity index (χ3v) is 2.46. The molecule has 20 heavy (non-hydrogen) atoms. The molecule has 1 aromatic carbocycles. The zero-order valence-electron chi connectivity index (χ0n) is 9.93. The summed E-state index contributed by atoms with van der Waals surface area (Å²) in [4.78, 5) is 26.1.